The molecule has 0 saturated carbocycles. The number of ether oxygens (including phenoxy) is 1. The number of benzene rings is 3. The molecule has 0 aromatic heterocycles. The number of hydrogen-bond donors (Lipinski definition) is 0. The summed E-state index contributed by atoms with van der Waals surface area (Å²) in [6, 6.07) is 25.4. The van der Waals surface area contributed by atoms with Crippen LogP contribution >= 0.6 is 12.2 Å². The lowest BCUT2D eigenvalue weighted by Crippen LogP contribution is -2.30. The van der Waals surface area contributed by atoms with E-state index in [4.69, 9.17) is 17.0 Å². The Kier molecular flexibility index (Phi) is 5.63. The number of likely N-dealkylation sites (N-methyl/N-ethyl adjacent to an activating group) is 1. The third-order valence-electron chi connectivity index (χ3n) is 4.96. The van der Waals surface area contributed by atoms with Gasteiger partial charge in [0.1, 0.15) is 18.1 Å². The molecule has 3 aromatic rings. The number of thiocarbonyl (C=S) groups is 1. The highest BCUT2D eigenvalue weighted by Crippen LogP contribution is 2.30. The summed E-state index contributed by atoms with van der Waals surface area (Å²) in [6.07, 6.45) is 1.84. The summed E-state index contributed by atoms with van der Waals surface area (Å²) in [5, 5.41) is 0.454. The van der Waals surface area contributed by atoms with Crippen molar-refractivity contribution in [2.75, 3.05) is 11.9 Å². The topological polar surface area (TPSA) is 32.8 Å². The van der Waals surface area contributed by atoms with Crippen molar-refractivity contribution in [2.24, 2.45) is 0 Å². The summed E-state index contributed by atoms with van der Waals surface area (Å²) in [5.74, 6) is 0.568. The second-order valence-corrected chi connectivity index (χ2v) is 7.53. The van der Waals surface area contributed by atoms with E-state index in [0.29, 0.717) is 17.4 Å². The maximum atomic E-state index is 13.1. The van der Waals surface area contributed by atoms with E-state index in [1.165, 1.54) is 5.56 Å². The van der Waals surface area contributed by atoms with E-state index in [-0.39, 0.29) is 5.91 Å². The maximum absolute atomic E-state index is 13.1. The second kappa shape index (κ2) is 8.51. The van der Waals surface area contributed by atoms with Gasteiger partial charge in [-0.05, 0) is 49.0 Å². The number of rotatable bonds is 5. The first-order chi connectivity index (χ1) is 14.5. The fraction of sp³-hybridized carbons (Fsp3) is 0.120. The molecule has 0 unspecified atom stereocenters. The lowest BCUT2D eigenvalue weighted by atomic mass is 10.1. The molecule has 0 N–H and O–H groups in total. The van der Waals surface area contributed by atoms with Gasteiger partial charge in [-0.1, -0.05) is 66.2 Å². The molecule has 5 heteroatoms. The Morgan fingerprint density at radius 2 is 1.70 bits per heavy atom. The van der Waals surface area contributed by atoms with Crippen LogP contribution in [0.25, 0.3) is 6.08 Å². The Balaban J connectivity index is 1.62. The predicted octanol–water partition coefficient (Wildman–Crippen LogP) is 5.18. The fourth-order valence-corrected chi connectivity index (χ4v) is 3.69. The van der Waals surface area contributed by atoms with E-state index in [1.807, 2.05) is 79.9 Å². The van der Waals surface area contributed by atoms with Gasteiger partial charge in [-0.15, -0.1) is 0 Å². The average molecular weight is 415 g/mol. The van der Waals surface area contributed by atoms with Crippen LogP contribution in [0.2, 0.25) is 0 Å². The first-order valence-electron chi connectivity index (χ1n) is 9.71. The molecule has 4 rings (SSSR count). The molecule has 1 heterocycles. The van der Waals surface area contributed by atoms with Crippen LogP contribution < -0.4 is 9.64 Å². The molecule has 1 fully saturated rings. The Morgan fingerprint density at radius 3 is 2.47 bits per heavy atom. The van der Waals surface area contributed by atoms with E-state index < -0.39 is 0 Å². The standard InChI is InChI=1S/C25H22N2O2S/c1-18-9-8-10-19(15-18)17-29-23-14-7-6-11-20(23)16-22-24(28)27(25(30)26(22)2)21-12-4-3-5-13-21/h3-16H,17H2,1-2H3/b22-16-. The van der Waals surface area contributed by atoms with Gasteiger partial charge in [0.15, 0.2) is 5.11 Å². The van der Waals surface area contributed by atoms with Gasteiger partial charge in [0.05, 0.1) is 5.69 Å². The maximum Gasteiger partial charge on any atom is 0.281 e. The van der Waals surface area contributed by atoms with E-state index in [9.17, 15) is 4.79 Å². The van der Waals surface area contributed by atoms with Gasteiger partial charge >= 0.3 is 0 Å². The number of carbonyl (C=O) groups excluding carboxylic acids is 1. The van der Waals surface area contributed by atoms with Crippen LogP contribution in [-0.4, -0.2) is 23.0 Å². The summed E-state index contributed by atoms with van der Waals surface area (Å²) in [7, 11) is 1.81. The Bertz CT molecular complexity index is 1120. The normalized spacial score (nSPS) is 15.2. The van der Waals surface area contributed by atoms with E-state index in [0.717, 1.165) is 22.6 Å². The molecule has 0 atom stereocenters. The molecule has 0 aliphatic carbocycles. The number of carbonyl (C=O) groups is 1. The molecule has 0 radical (unpaired) electrons. The van der Waals surface area contributed by atoms with Crippen molar-refractivity contribution in [3.05, 3.63) is 101 Å². The van der Waals surface area contributed by atoms with Crippen molar-refractivity contribution >= 4 is 35.0 Å². The number of hydrogen-bond acceptors (Lipinski definition) is 3. The predicted molar refractivity (Wildman–Crippen MR) is 124 cm³/mol. The van der Waals surface area contributed by atoms with Crippen molar-refractivity contribution in [1.82, 2.24) is 4.90 Å². The number of aryl methyl sites for hydroxylation is 1. The van der Waals surface area contributed by atoms with Gasteiger partial charge in [-0.25, -0.2) is 0 Å². The van der Waals surface area contributed by atoms with Crippen LogP contribution in [0.5, 0.6) is 5.75 Å². The van der Waals surface area contributed by atoms with Crippen molar-refractivity contribution in [1.29, 1.82) is 0 Å². The minimum Gasteiger partial charge on any atom is -0.488 e. The molecular formula is C25H22N2O2S. The molecule has 0 bridgehead atoms. The summed E-state index contributed by atoms with van der Waals surface area (Å²) in [6.45, 7) is 2.52. The largest absolute Gasteiger partial charge is 0.488 e. The zero-order chi connectivity index (χ0) is 21.1. The summed E-state index contributed by atoms with van der Waals surface area (Å²) in [5.41, 5.74) is 4.39. The molecule has 1 saturated heterocycles. The van der Waals surface area contributed by atoms with Gasteiger partial charge in [-0.3, -0.25) is 9.69 Å². The highest BCUT2D eigenvalue weighted by molar-refractivity contribution is 7.80. The number of amides is 1. The van der Waals surface area contributed by atoms with Crippen LogP contribution in [0.15, 0.2) is 84.6 Å². The molecule has 150 valence electrons. The molecule has 0 spiro atoms. The van der Waals surface area contributed by atoms with Gasteiger partial charge in [0.25, 0.3) is 5.91 Å². The summed E-state index contributed by atoms with van der Waals surface area (Å²) in [4.78, 5) is 16.4. The molecule has 1 amide bonds. The van der Waals surface area contributed by atoms with Gasteiger partial charge in [0.2, 0.25) is 0 Å². The van der Waals surface area contributed by atoms with Crippen LogP contribution in [0, 0.1) is 6.92 Å². The summed E-state index contributed by atoms with van der Waals surface area (Å²) < 4.78 is 6.08. The Labute approximate surface area is 182 Å². The zero-order valence-electron chi connectivity index (χ0n) is 16.9. The van der Waals surface area contributed by atoms with Crippen molar-refractivity contribution in [2.45, 2.75) is 13.5 Å². The number of para-hydroxylation sites is 2. The van der Waals surface area contributed by atoms with E-state index in [2.05, 4.69) is 19.1 Å². The van der Waals surface area contributed by atoms with Gasteiger partial charge in [-0.2, -0.15) is 0 Å². The van der Waals surface area contributed by atoms with Crippen LogP contribution in [0.4, 0.5) is 5.69 Å². The van der Waals surface area contributed by atoms with Gasteiger partial charge < -0.3 is 9.64 Å². The molecule has 4 nitrogen and oxygen atoms in total. The number of nitrogens with zero attached hydrogens (tertiary/aromatic N) is 2. The first-order valence-corrected chi connectivity index (χ1v) is 10.1. The second-order valence-electron chi connectivity index (χ2n) is 7.16. The minimum atomic E-state index is -0.151. The van der Waals surface area contributed by atoms with Crippen LogP contribution in [-0.2, 0) is 11.4 Å². The molecule has 3 aromatic carbocycles. The lowest BCUT2D eigenvalue weighted by Gasteiger charge is -2.16. The SMILES string of the molecule is Cc1cccc(COc2ccccc2/C=C2/C(=O)N(c3ccccc3)C(=S)N2C)c1. The lowest BCUT2D eigenvalue weighted by molar-refractivity contribution is -0.114. The van der Waals surface area contributed by atoms with E-state index >= 15 is 0 Å². The Morgan fingerprint density at radius 1 is 0.967 bits per heavy atom. The molecule has 1 aliphatic heterocycles. The quantitative estimate of drug-likeness (QED) is 0.426. The third-order valence-corrected chi connectivity index (χ3v) is 5.42. The average Bonchev–Trinajstić information content (AvgIpc) is 2.97. The Hall–Kier alpha value is -3.44. The third kappa shape index (κ3) is 3.98. The monoisotopic (exact) mass is 414 g/mol. The van der Waals surface area contributed by atoms with Crippen molar-refractivity contribution in [3.8, 4) is 5.75 Å². The van der Waals surface area contributed by atoms with E-state index in [1.54, 1.807) is 9.80 Å². The highest BCUT2D eigenvalue weighted by atomic mass is 32.1. The smallest absolute Gasteiger partial charge is 0.281 e. The molecule has 30 heavy (non-hydrogen) atoms. The highest BCUT2D eigenvalue weighted by Gasteiger charge is 2.36. The molecule has 1 aliphatic rings. The number of anilines is 1. The van der Waals surface area contributed by atoms with Crippen LogP contribution in [0.3, 0.4) is 0 Å². The summed E-state index contributed by atoms with van der Waals surface area (Å²) >= 11 is 5.53. The first kappa shape index (κ1) is 19.9. The minimum absolute atomic E-state index is 0.151. The van der Waals surface area contributed by atoms with Crippen molar-refractivity contribution in [3.63, 3.8) is 0 Å². The zero-order valence-corrected chi connectivity index (χ0v) is 17.7. The van der Waals surface area contributed by atoms with Gasteiger partial charge in [0, 0.05) is 12.6 Å². The van der Waals surface area contributed by atoms with Crippen LogP contribution in [0.1, 0.15) is 16.7 Å². The fourth-order valence-electron chi connectivity index (χ4n) is 3.40. The molecular weight excluding hydrogens is 392 g/mol. The van der Waals surface area contributed by atoms with Crippen molar-refractivity contribution < 1.29 is 9.53 Å².